The molecule has 2 aromatic carbocycles. The first kappa shape index (κ1) is 23.4. The fourth-order valence-electron chi connectivity index (χ4n) is 4.99. The first-order valence-corrected chi connectivity index (χ1v) is 11.6. The molecule has 36 heavy (non-hydrogen) atoms. The van der Waals surface area contributed by atoms with Crippen molar-refractivity contribution in [1.82, 2.24) is 0 Å². The Balaban J connectivity index is 1.25. The Labute approximate surface area is 206 Å². The van der Waals surface area contributed by atoms with Gasteiger partial charge >= 0.3 is 5.97 Å². The van der Waals surface area contributed by atoms with Gasteiger partial charge in [-0.2, -0.15) is 0 Å². The van der Waals surface area contributed by atoms with Crippen LogP contribution in [0.4, 0.5) is 17.1 Å². The van der Waals surface area contributed by atoms with Crippen LogP contribution in [0.2, 0.25) is 0 Å². The highest BCUT2D eigenvalue weighted by Crippen LogP contribution is 2.38. The van der Waals surface area contributed by atoms with Gasteiger partial charge in [-0.3, -0.25) is 34.2 Å². The number of esters is 1. The maximum atomic E-state index is 12.8. The molecule has 10 nitrogen and oxygen atoms in total. The molecular formula is C26H23N3O7. The number of hydrogen-bond acceptors (Lipinski definition) is 7. The fraction of sp³-hybridized carbons (Fsp3) is 0.308. The molecule has 184 valence electrons. The summed E-state index contributed by atoms with van der Waals surface area (Å²) in [7, 11) is 0. The van der Waals surface area contributed by atoms with E-state index in [9.17, 15) is 29.3 Å². The Hall–Kier alpha value is -4.34. The van der Waals surface area contributed by atoms with E-state index in [2.05, 4.69) is 0 Å². The lowest BCUT2D eigenvalue weighted by atomic mass is 9.85. The molecular weight excluding hydrogens is 466 g/mol. The maximum absolute atomic E-state index is 12.8. The van der Waals surface area contributed by atoms with Gasteiger partial charge in [-0.15, -0.1) is 0 Å². The van der Waals surface area contributed by atoms with Gasteiger partial charge in [-0.05, 0) is 50.1 Å². The molecule has 2 heterocycles. The third kappa shape index (κ3) is 4.04. The van der Waals surface area contributed by atoms with Gasteiger partial charge < -0.3 is 9.64 Å². The summed E-state index contributed by atoms with van der Waals surface area (Å²) in [5.74, 6) is -2.57. The van der Waals surface area contributed by atoms with E-state index < -0.39 is 16.8 Å². The SMILES string of the molecule is Cc1ccc(N2C[C@H](C(=O)Oc3ccc(N4C(=O)[C@H]5CC=CC[C@@H]5C4=O)cc3)CC2=O)cc1[N+](=O)[O-]. The largest absolute Gasteiger partial charge is 0.426 e. The number of carbonyl (C=O) groups is 4. The Bertz CT molecular complexity index is 1290. The van der Waals surface area contributed by atoms with Crippen LogP contribution in [0.15, 0.2) is 54.6 Å². The van der Waals surface area contributed by atoms with Crippen LogP contribution in [0.3, 0.4) is 0 Å². The van der Waals surface area contributed by atoms with E-state index >= 15 is 0 Å². The van der Waals surface area contributed by atoms with E-state index in [1.54, 1.807) is 31.2 Å². The number of carbonyl (C=O) groups excluding carboxylic acids is 4. The van der Waals surface area contributed by atoms with Crippen LogP contribution in [0.25, 0.3) is 0 Å². The highest BCUT2D eigenvalue weighted by atomic mass is 16.6. The van der Waals surface area contributed by atoms with Crippen LogP contribution in [-0.4, -0.2) is 35.2 Å². The summed E-state index contributed by atoms with van der Waals surface area (Å²) >= 11 is 0. The number of imide groups is 1. The minimum atomic E-state index is -0.741. The molecule has 1 aliphatic carbocycles. The van der Waals surface area contributed by atoms with Crippen LogP contribution in [0.5, 0.6) is 5.75 Å². The van der Waals surface area contributed by atoms with Gasteiger partial charge in [0.1, 0.15) is 5.75 Å². The average molecular weight is 489 g/mol. The zero-order valence-corrected chi connectivity index (χ0v) is 19.5. The average Bonchev–Trinajstić information content (AvgIpc) is 3.37. The molecule has 3 atom stereocenters. The predicted octanol–water partition coefficient (Wildman–Crippen LogP) is 3.32. The molecule has 0 aromatic heterocycles. The number of nitro groups is 1. The van der Waals surface area contributed by atoms with Gasteiger partial charge in [0, 0.05) is 24.6 Å². The number of allylic oxidation sites excluding steroid dienone is 2. The smallest absolute Gasteiger partial charge is 0.316 e. The molecule has 0 spiro atoms. The Morgan fingerprint density at radius 3 is 2.19 bits per heavy atom. The molecule has 2 saturated heterocycles. The molecule has 0 radical (unpaired) electrons. The Kier molecular flexibility index (Phi) is 5.87. The standard InChI is InChI=1S/C26H23N3O7/c1-15-6-7-18(13-22(15)29(34)35)27-14-16(12-23(27)30)26(33)36-19-10-8-17(9-11-19)28-24(31)20-4-2-3-5-21(20)25(28)32/h2-3,6-11,13,16,20-21H,4-5,12,14H2,1H3/t16-,20+,21+/m1/s1. The molecule has 2 aromatic rings. The van der Waals surface area contributed by atoms with Crippen molar-refractivity contribution in [3.63, 3.8) is 0 Å². The van der Waals surface area contributed by atoms with Crippen LogP contribution in [-0.2, 0) is 19.2 Å². The molecule has 0 saturated carbocycles. The molecule has 5 rings (SSSR count). The monoisotopic (exact) mass is 489 g/mol. The van der Waals surface area contributed by atoms with Crippen LogP contribution in [0, 0.1) is 34.8 Å². The van der Waals surface area contributed by atoms with Crippen LogP contribution >= 0.6 is 0 Å². The molecule has 10 heteroatoms. The second-order valence-corrected chi connectivity index (χ2v) is 9.22. The molecule has 3 aliphatic rings. The van der Waals surface area contributed by atoms with E-state index in [-0.39, 0.29) is 54.0 Å². The molecule has 2 aliphatic heterocycles. The molecule has 3 amide bonds. The van der Waals surface area contributed by atoms with Gasteiger partial charge in [0.15, 0.2) is 0 Å². The summed E-state index contributed by atoms with van der Waals surface area (Å²) in [5.41, 5.74) is 1.15. The highest BCUT2D eigenvalue weighted by molar-refractivity contribution is 6.22. The zero-order valence-electron chi connectivity index (χ0n) is 19.5. The third-order valence-electron chi connectivity index (χ3n) is 6.98. The van der Waals surface area contributed by atoms with Crippen molar-refractivity contribution in [3.05, 3.63) is 70.3 Å². The minimum absolute atomic E-state index is 0.0452. The first-order valence-electron chi connectivity index (χ1n) is 11.6. The molecule has 0 N–H and O–H groups in total. The Morgan fingerprint density at radius 2 is 1.58 bits per heavy atom. The van der Waals surface area contributed by atoms with Gasteiger partial charge in [0.25, 0.3) is 5.69 Å². The van der Waals surface area contributed by atoms with Crippen LogP contribution in [0.1, 0.15) is 24.8 Å². The van der Waals surface area contributed by atoms with Crippen LogP contribution < -0.4 is 14.5 Å². The quantitative estimate of drug-likeness (QED) is 0.157. The van der Waals surface area contributed by atoms with Crippen molar-refractivity contribution in [2.24, 2.45) is 17.8 Å². The van der Waals surface area contributed by atoms with Crippen molar-refractivity contribution < 1.29 is 28.8 Å². The normalized spacial score (nSPS) is 23.2. The number of hydrogen-bond donors (Lipinski definition) is 0. The summed E-state index contributed by atoms with van der Waals surface area (Å²) in [6.45, 7) is 1.66. The van der Waals surface area contributed by atoms with E-state index in [0.717, 1.165) is 0 Å². The Morgan fingerprint density at radius 1 is 0.972 bits per heavy atom. The molecule has 2 fully saturated rings. The minimum Gasteiger partial charge on any atom is -0.426 e. The number of anilines is 2. The summed E-state index contributed by atoms with van der Waals surface area (Å²) in [6.07, 6.45) is 4.87. The van der Waals surface area contributed by atoms with Gasteiger partial charge in [0.2, 0.25) is 17.7 Å². The number of amides is 3. The van der Waals surface area contributed by atoms with Gasteiger partial charge in [-0.1, -0.05) is 18.2 Å². The first-order chi connectivity index (χ1) is 17.2. The number of benzene rings is 2. The maximum Gasteiger partial charge on any atom is 0.316 e. The summed E-state index contributed by atoms with van der Waals surface area (Å²) in [6, 6.07) is 10.6. The number of nitrogens with zero attached hydrogens (tertiary/aromatic N) is 3. The summed E-state index contributed by atoms with van der Waals surface area (Å²) < 4.78 is 5.45. The van der Waals surface area contributed by atoms with Gasteiger partial charge in [-0.25, -0.2) is 0 Å². The lowest BCUT2D eigenvalue weighted by molar-refractivity contribution is -0.385. The number of aryl methyl sites for hydroxylation is 1. The summed E-state index contributed by atoms with van der Waals surface area (Å²) in [5, 5.41) is 11.2. The number of fused-ring (bicyclic) bond motifs is 1. The van der Waals surface area contributed by atoms with E-state index in [1.807, 2.05) is 12.2 Å². The van der Waals surface area contributed by atoms with E-state index in [0.29, 0.717) is 29.8 Å². The highest BCUT2D eigenvalue weighted by Gasteiger charge is 2.47. The van der Waals surface area contributed by atoms with E-state index in [4.69, 9.17) is 4.74 Å². The predicted molar refractivity (Wildman–Crippen MR) is 128 cm³/mol. The lowest BCUT2D eigenvalue weighted by Crippen LogP contribution is -2.30. The van der Waals surface area contributed by atoms with Crippen molar-refractivity contribution in [2.75, 3.05) is 16.3 Å². The van der Waals surface area contributed by atoms with E-state index in [1.165, 1.54) is 28.0 Å². The van der Waals surface area contributed by atoms with Crippen molar-refractivity contribution in [2.45, 2.75) is 26.2 Å². The topological polar surface area (TPSA) is 127 Å². The number of nitro benzene ring substituents is 1. The second-order valence-electron chi connectivity index (χ2n) is 9.22. The van der Waals surface area contributed by atoms with Crippen molar-refractivity contribution >= 4 is 40.8 Å². The summed E-state index contributed by atoms with van der Waals surface area (Å²) in [4.78, 5) is 64.1. The lowest BCUT2D eigenvalue weighted by Gasteiger charge is -2.17. The second kappa shape index (κ2) is 9.03. The molecule has 0 bridgehead atoms. The third-order valence-corrected chi connectivity index (χ3v) is 6.98. The number of rotatable bonds is 5. The zero-order chi connectivity index (χ0) is 25.6. The van der Waals surface area contributed by atoms with Crippen molar-refractivity contribution in [1.29, 1.82) is 0 Å². The van der Waals surface area contributed by atoms with Gasteiger partial charge in [0.05, 0.1) is 34.1 Å². The number of ether oxygens (including phenoxy) is 1. The fourth-order valence-corrected chi connectivity index (χ4v) is 4.99. The van der Waals surface area contributed by atoms with Crippen molar-refractivity contribution in [3.8, 4) is 5.75 Å². The molecule has 0 unspecified atom stereocenters.